The normalized spacial score (nSPS) is 9.62. The molecule has 1 N–H and O–H groups in total. The molecule has 88 valence electrons. The third-order valence-electron chi connectivity index (χ3n) is 2.20. The van der Waals surface area contributed by atoms with Crippen LogP contribution in [0.1, 0.15) is 12.8 Å². The van der Waals surface area contributed by atoms with Crippen LogP contribution in [0.25, 0.3) is 0 Å². The number of benzene rings is 1. The van der Waals surface area contributed by atoms with Gasteiger partial charge in [-0.2, -0.15) is 0 Å². The second-order valence-corrected chi connectivity index (χ2v) is 3.33. The van der Waals surface area contributed by atoms with E-state index >= 15 is 0 Å². The maximum atomic E-state index is 10.8. The fourth-order valence-electron chi connectivity index (χ4n) is 1.28. The van der Waals surface area contributed by atoms with Crippen LogP contribution in [-0.4, -0.2) is 26.7 Å². The van der Waals surface area contributed by atoms with E-state index in [0.717, 1.165) is 24.4 Å². The van der Waals surface area contributed by atoms with Crippen molar-refractivity contribution in [2.75, 3.05) is 26.1 Å². The van der Waals surface area contributed by atoms with E-state index < -0.39 is 0 Å². The Morgan fingerprint density at radius 1 is 1.25 bits per heavy atom. The molecule has 0 aliphatic carbocycles. The molecular formula is C12H17NO3. The lowest BCUT2D eigenvalue weighted by Gasteiger charge is -2.06. The summed E-state index contributed by atoms with van der Waals surface area (Å²) in [5.41, 5.74) is 1.02. The minimum atomic E-state index is -0.170. The van der Waals surface area contributed by atoms with Crippen molar-refractivity contribution in [3.8, 4) is 5.75 Å². The summed E-state index contributed by atoms with van der Waals surface area (Å²) < 4.78 is 9.60. The van der Waals surface area contributed by atoms with Crippen molar-refractivity contribution < 1.29 is 14.3 Å². The number of hydrogen-bond donors (Lipinski definition) is 1. The Morgan fingerprint density at radius 2 is 1.94 bits per heavy atom. The number of esters is 1. The predicted molar refractivity (Wildman–Crippen MR) is 62.7 cm³/mol. The molecule has 4 heteroatoms. The summed E-state index contributed by atoms with van der Waals surface area (Å²) in [6, 6.07) is 7.67. The molecule has 0 aliphatic rings. The molecule has 0 atom stereocenters. The SMILES string of the molecule is COC(=O)CCCNc1ccc(OC)cc1. The van der Waals surface area contributed by atoms with Gasteiger partial charge in [-0.25, -0.2) is 0 Å². The highest BCUT2D eigenvalue weighted by molar-refractivity contribution is 5.69. The minimum absolute atomic E-state index is 0.170. The molecule has 0 bridgehead atoms. The fraction of sp³-hybridized carbons (Fsp3) is 0.417. The van der Waals surface area contributed by atoms with Crippen LogP contribution in [0.4, 0.5) is 5.69 Å². The average molecular weight is 223 g/mol. The Morgan fingerprint density at radius 3 is 2.50 bits per heavy atom. The molecular weight excluding hydrogens is 206 g/mol. The topological polar surface area (TPSA) is 47.6 Å². The molecule has 0 radical (unpaired) electrons. The molecule has 1 aromatic carbocycles. The zero-order chi connectivity index (χ0) is 11.8. The van der Waals surface area contributed by atoms with Crippen molar-refractivity contribution in [2.24, 2.45) is 0 Å². The third-order valence-corrected chi connectivity index (χ3v) is 2.20. The Balaban J connectivity index is 2.24. The summed E-state index contributed by atoms with van der Waals surface area (Å²) >= 11 is 0. The summed E-state index contributed by atoms with van der Waals surface area (Å²) in [4.78, 5) is 10.8. The van der Waals surface area contributed by atoms with Gasteiger partial charge >= 0.3 is 5.97 Å². The zero-order valence-electron chi connectivity index (χ0n) is 9.66. The van der Waals surface area contributed by atoms with Gasteiger partial charge in [0.15, 0.2) is 0 Å². The van der Waals surface area contributed by atoms with Gasteiger partial charge in [-0.05, 0) is 30.7 Å². The highest BCUT2D eigenvalue weighted by Crippen LogP contribution is 2.14. The molecule has 0 unspecified atom stereocenters. The predicted octanol–water partition coefficient (Wildman–Crippen LogP) is 2.06. The fourth-order valence-corrected chi connectivity index (χ4v) is 1.28. The summed E-state index contributed by atoms with van der Waals surface area (Å²) in [6.07, 6.45) is 1.21. The van der Waals surface area contributed by atoms with Gasteiger partial charge in [0.2, 0.25) is 0 Å². The largest absolute Gasteiger partial charge is 0.497 e. The van der Waals surface area contributed by atoms with Crippen molar-refractivity contribution in [3.63, 3.8) is 0 Å². The van der Waals surface area contributed by atoms with Gasteiger partial charge in [0.25, 0.3) is 0 Å². The number of rotatable bonds is 6. The molecule has 0 saturated carbocycles. The van der Waals surface area contributed by atoms with Crippen molar-refractivity contribution in [3.05, 3.63) is 24.3 Å². The smallest absolute Gasteiger partial charge is 0.305 e. The van der Waals surface area contributed by atoms with E-state index in [9.17, 15) is 4.79 Å². The number of carbonyl (C=O) groups is 1. The zero-order valence-corrected chi connectivity index (χ0v) is 9.66. The van der Waals surface area contributed by atoms with Crippen LogP contribution < -0.4 is 10.1 Å². The number of methoxy groups -OCH3 is 2. The molecule has 1 aromatic rings. The molecule has 16 heavy (non-hydrogen) atoms. The highest BCUT2D eigenvalue weighted by Gasteiger charge is 1.99. The standard InChI is InChI=1S/C12H17NO3/c1-15-11-7-5-10(6-8-11)13-9-3-4-12(14)16-2/h5-8,13H,3-4,9H2,1-2H3. The maximum Gasteiger partial charge on any atom is 0.305 e. The summed E-state index contributed by atoms with van der Waals surface area (Å²) in [6.45, 7) is 0.751. The molecule has 0 spiro atoms. The van der Waals surface area contributed by atoms with Crippen LogP contribution in [0.2, 0.25) is 0 Å². The van der Waals surface area contributed by atoms with Crippen LogP contribution >= 0.6 is 0 Å². The lowest BCUT2D eigenvalue weighted by Crippen LogP contribution is -2.06. The molecule has 0 heterocycles. The number of carbonyl (C=O) groups excluding carboxylic acids is 1. The number of nitrogens with one attached hydrogen (secondary N) is 1. The Kier molecular flexibility index (Phi) is 5.19. The quantitative estimate of drug-likeness (QED) is 0.592. The van der Waals surface area contributed by atoms with E-state index in [1.54, 1.807) is 7.11 Å². The minimum Gasteiger partial charge on any atom is -0.497 e. The second kappa shape index (κ2) is 6.71. The van der Waals surface area contributed by atoms with Crippen molar-refractivity contribution in [1.29, 1.82) is 0 Å². The first-order valence-corrected chi connectivity index (χ1v) is 5.21. The Bertz CT molecular complexity index is 322. The monoisotopic (exact) mass is 223 g/mol. The second-order valence-electron chi connectivity index (χ2n) is 3.33. The lowest BCUT2D eigenvalue weighted by atomic mass is 10.2. The van der Waals surface area contributed by atoms with Gasteiger partial charge in [-0.1, -0.05) is 0 Å². The van der Waals surface area contributed by atoms with Crippen LogP contribution in [0.3, 0.4) is 0 Å². The van der Waals surface area contributed by atoms with Crippen molar-refractivity contribution >= 4 is 11.7 Å². The number of hydrogen-bond acceptors (Lipinski definition) is 4. The summed E-state index contributed by atoms with van der Waals surface area (Å²) in [7, 11) is 3.04. The first-order chi connectivity index (χ1) is 7.76. The van der Waals surface area contributed by atoms with Gasteiger partial charge < -0.3 is 14.8 Å². The van der Waals surface area contributed by atoms with Crippen molar-refractivity contribution in [1.82, 2.24) is 0 Å². The first-order valence-electron chi connectivity index (χ1n) is 5.21. The van der Waals surface area contributed by atoms with E-state index in [1.807, 2.05) is 24.3 Å². The lowest BCUT2D eigenvalue weighted by molar-refractivity contribution is -0.140. The number of ether oxygens (including phenoxy) is 2. The van der Waals surface area contributed by atoms with E-state index in [2.05, 4.69) is 10.1 Å². The van der Waals surface area contributed by atoms with E-state index in [4.69, 9.17) is 4.74 Å². The van der Waals surface area contributed by atoms with Gasteiger partial charge in [-0.3, -0.25) is 4.79 Å². The Hall–Kier alpha value is -1.71. The molecule has 0 aliphatic heterocycles. The van der Waals surface area contributed by atoms with Gasteiger partial charge in [0.1, 0.15) is 5.75 Å². The van der Waals surface area contributed by atoms with Crippen LogP contribution in [0.5, 0.6) is 5.75 Å². The molecule has 4 nitrogen and oxygen atoms in total. The number of anilines is 1. The average Bonchev–Trinajstić information content (AvgIpc) is 2.35. The van der Waals surface area contributed by atoms with Gasteiger partial charge in [-0.15, -0.1) is 0 Å². The summed E-state index contributed by atoms with van der Waals surface area (Å²) in [5, 5.41) is 3.21. The van der Waals surface area contributed by atoms with Crippen LogP contribution in [0, 0.1) is 0 Å². The molecule has 0 amide bonds. The third kappa shape index (κ3) is 4.21. The Labute approximate surface area is 95.6 Å². The van der Waals surface area contributed by atoms with Crippen LogP contribution in [0.15, 0.2) is 24.3 Å². The molecule has 0 aromatic heterocycles. The van der Waals surface area contributed by atoms with E-state index in [0.29, 0.717) is 6.42 Å². The molecule has 1 rings (SSSR count). The van der Waals surface area contributed by atoms with Crippen molar-refractivity contribution in [2.45, 2.75) is 12.8 Å². The van der Waals surface area contributed by atoms with Crippen LogP contribution in [-0.2, 0) is 9.53 Å². The highest BCUT2D eigenvalue weighted by atomic mass is 16.5. The molecule has 0 saturated heterocycles. The van der Waals surface area contributed by atoms with E-state index in [1.165, 1.54) is 7.11 Å². The first kappa shape index (κ1) is 12.4. The van der Waals surface area contributed by atoms with Gasteiger partial charge in [0, 0.05) is 18.7 Å². The summed E-state index contributed by atoms with van der Waals surface area (Å²) in [5.74, 6) is 0.664. The van der Waals surface area contributed by atoms with E-state index in [-0.39, 0.29) is 5.97 Å². The molecule has 0 fully saturated rings. The maximum absolute atomic E-state index is 10.8. The van der Waals surface area contributed by atoms with Gasteiger partial charge in [0.05, 0.1) is 14.2 Å².